The van der Waals surface area contributed by atoms with Crippen LogP contribution in [0.3, 0.4) is 0 Å². The van der Waals surface area contributed by atoms with Crippen LogP contribution in [-0.4, -0.2) is 42.7 Å². The summed E-state index contributed by atoms with van der Waals surface area (Å²) >= 11 is 1.53. The number of sulfonamides is 1. The SMILES string of the molecule is CN(C)S(=O)(=O)c1ccc(C(=O)Nc2cccc(-c3csc(-c4cccnc4)n3)c2)cc1. The molecule has 9 heteroatoms. The van der Waals surface area contributed by atoms with Crippen LogP contribution in [0.4, 0.5) is 5.69 Å². The van der Waals surface area contributed by atoms with Crippen LogP contribution in [-0.2, 0) is 10.0 Å². The third kappa shape index (κ3) is 4.59. The molecule has 1 N–H and O–H groups in total. The van der Waals surface area contributed by atoms with Crippen molar-refractivity contribution in [3.05, 3.63) is 84.0 Å². The van der Waals surface area contributed by atoms with E-state index < -0.39 is 10.0 Å². The number of nitrogens with one attached hydrogen (secondary N) is 1. The molecular formula is C23H20N4O3S2. The summed E-state index contributed by atoms with van der Waals surface area (Å²) in [5, 5.41) is 5.69. The van der Waals surface area contributed by atoms with Crippen LogP contribution in [0, 0.1) is 0 Å². The summed E-state index contributed by atoms with van der Waals surface area (Å²) in [4.78, 5) is 21.6. The maximum Gasteiger partial charge on any atom is 0.255 e. The molecule has 0 radical (unpaired) electrons. The summed E-state index contributed by atoms with van der Waals surface area (Å²) in [6.07, 6.45) is 3.49. The van der Waals surface area contributed by atoms with Gasteiger partial charge in [-0.1, -0.05) is 12.1 Å². The Balaban J connectivity index is 1.51. The maximum atomic E-state index is 12.7. The Kier molecular flexibility index (Phi) is 6.13. The largest absolute Gasteiger partial charge is 0.322 e. The molecule has 32 heavy (non-hydrogen) atoms. The number of nitrogens with zero attached hydrogens (tertiary/aromatic N) is 3. The topological polar surface area (TPSA) is 92.3 Å². The Morgan fingerprint density at radius 1 is 1.00 bits per heavy atom. The number of aromatic nitrogens is 2. The van der Waals surface area contributed by atoms with E-state index in [4.69, 9.17) is 0 Å². The van der Waals surface area contributed by atoms with Crippen molar-refractivity contribution >= 4 is 33.0 Å². The van der Waals surface area contributed by atoms with Crippen LogP contribution in [0.1, 0.15) is 10.4 Å². The minimum atomic E-state index is -3.54. The highest BCUT2D eigenvalue weighted by atomic mass is 32.2. The van der Waals surface area contributed by atoms with Crippen molar-refractivity contribution in [2.75, 3.05) is 19.4 Å². The number of carbonyl (C=O) groups is 1. The first-order valence-electron chi connectivity index (χ1n) is 9.65. The van der Waals surface area contributed by atoms with Gasteiger partial charge in [-0.2, -0.15) is 0 Å². The van der Waals surface area contributed by atoms with Crippen molar-refractivity contribution in [3.8, 4) is 21.8 Å². The number of hydrogen-bond donors (Lipinski definition) is 1. The molecule has 0 saturated carbocycles. The molecule has 1 amide bonds. The molecule has 0 saturated heterocycles. The van der Waals surface area contributed by atoms with Gasteiger partial charge >= 0.3 is 0 Å². The van der Waals surface area contributed by atoms with Gasteiger partial charge in [-0.3, -0.25) is 9.78 Å². The number of benzene rings is 2. The zero-order valence-corrected chi connectivity index (χ0v) is 19.0. The first kappa shape index (κ1) is 21.8. The minimum absolute atomic E-state index is 0.133. The molecular weight excluding hydrogens is 444 g/mol. The molecule has 2 aromatic heterocycles. The summed E-state index contributed by atoms with van der Waals surface area (Å²) in [5.41, 5.74) is 3.62. The molecule has 7 nitrogen and oxygen atoms in total. The smallest absolute Gasteiger partial charge is 0.255 e. The zero-order valence-electron chi connectivity index (χ0n) is 17.4. The second kappa shape index (κ2) is 8.99. The molecule has 0 aliphatic carbocycles. The molecule has 0 bridgehead atoms. The van der Waals surface area contributed by atoms with Crippen molar-refractivity contribution in [3.63, 3.8) is 0 Å². The van der Waals surface area contributed by atoms with Gasteiger partial charge in [0.1, 0.15) is 5.01 Å². The lowest BCUT2D eigenvalue weighted by molar-refractivity contribution is 0.102. The van der Waals surface area contributed by atoms with Crippen LogP contribution in [0.5, 0.6) is 0 Å². The molecule has 0 spiro atoms. The van der Waals surface area contributed by atoms with Crippen LogP contribution in [0.25, 0.3) is 21.8 Å². The summed E-state index contributed by atoms with van der Waals surface area (Å²) < 4.78 is 25.5. The Labute approximate surface area is 190 Å². The van der Waals surface area contributed by atoms with E-state index in [0.29, 0.717) is 11.3 Å². The molecule has 4 rings (SSSR count). The molecule has 0 aliphatic rings. The summed E-state index contributed by atoms with van der Waals surface area (Å²) in [6, 6.07) is 17.1. The number of carbonyl (C=O) groups excluding carboxylic acids is 1. The lowest BCUT2D eigenvalue weighted by Gasteiger charge is -2.12. The molecule has 0 aliphatic heterocycles. The maximum absolute atomic E-state index is 12.7. The van der Waals surface area contributed by atoms with Crippen LogP contribution >= 0.6 is 11.3 Å². The Morgan fingerprint density at radius 3 is 2.44 bits per heavy atom. The zero-order chi connectivity index (χ0) is 22.7. The van der Waals surface area contributed by atoms with E-state index in [1.807, 2.05) is 35.7 Å². The summed E-state index contributed by atoms with van der Waals surface area (Å²) in [7, 11) is -0.614. The first-order valence-corrected chi connectivity index (χ1v) is 12.0. The highest BCUT2D eigenvalue weighted by Crippen LogP contribution is 2.29. The van der Waals surface area contributed by atoms with Crippen molar-refractivity contribution in [1.29, 1.82) is 0 Å². The number of thiazole rings is 1. The van der Waals surface area contributed by atoms with Crippen molar-refractivity contribution in [2.45, 2.75) is 4.90 Å². The van der Waals surface area contributed by atoms with Crippen molar-refractivity contribution in [2.24, 2.45) is 0 Å². The van der Waals surface area contributed by atoms with Gasteiger partial charge in [0, 0.05) is 54.2 Å². The fraction of sp³-hybridized carbons (Fsp3) is 0.0870. The van der Waals surface area contributed by atoms with E-state index in [1.165, 1.54) is 49.7 Å². The second-order valence-electron chi connectivity index (χ2n) is 7.13. The van der Waals surface area contributed by atoms with Gasteiger partial charge in [0.25, 0.3) is 5.91 Å². The highest BCUT2D eigenvalue weighted by molar-refractivity contribution is 7.89. The van der Waals surface area contributed by atoms with E-state index in [1.54, 1.807) is 18.5 Å². The van der Waals surface area contributed by atoms with E-state index >= 15 is 0 Å². The lowest BCUT2D eigenvalue weighted by Crippen LogP contribution is -2.22. The molecule has 2 heterocycles. The average molecular weight is 465 g/mol. The monoisotopic (exact) mass is 464 g/mol. The lowest BCUT2D eigenvalue weighted by atomic mass is 10.1. The number of rotatable bonds is 6. The van der Waals surface area contributed by atoms with Crippen LogP contribution in [0.15, 0.2) is 83.3 Å². The molecule has 0 unspecified atom stereocenters. The highest BCUT2D eigenvalue weighted by Gasteiger charge is 2.17. The van der Waals surface area contributed by atoms with Gasteiger partial charge in [0.2, 0.25) is 10.0 Å². The minimum Gasteiger partial charge on any atom is -0.322 e. The number of pyridine rings is 1. The Bertz CT molecular complexity index is 1350. The van der Waals surface area contributed by atoms with Gasteiger partial charge in [0.15, 0.2) is 0 Å². The number of hydrogen-bond acceptors (Lipinski definition) is 6. The fourth-order valence-corrected chi connectivity index (χ4v) is 4.70. The van der Waals surface area contributed by atoms with Gasteiger partial charge in [-0.25, -0.2) is 17.7 Å². The van der Waals surface area contributed by atoms with Crippen LogP contribution < -0.4 is 5.32 Å². The summed E-state index contributed by atoms with van der Waals surface area (Å²) in [5.74, 6) is -0.328. The van der Waals surface area contributed by atoms with E-state index in [0.717, 1.165) is 26.1 Å². The van der Waals surface area contributed by atoms with E-state index in [2.05, 4.69) is 15.3 Å². The molecule has 2 aromatic carbocycles. The molecule has 4 aromatic rings. The quantitative estimate of drug-likeness (QED) is 0.457. The normalized spacial score (nSPS) is 11.5. The number of anilines is 1. The second-order valence-corrected chi connectivity index (χ2v) is 10.1. The predicted molar refractivity (Wildman–Crippen MR) is 126 cm³/mol. The third-order valence-corrected chi connectivity index (χ3v) is 7.44. The van der Waals surface area contributed by atoms with Crippen molar-refractivity contribution < 1.29 is 13.2 Å². The van der Waals surface area contributed by atoms with Gasteiger partial charge < -0.3 is 5.32 Å². The Hall–Kier alpha value is -3.40. The summed E-state index contributed by atoms with van der Waals surface area (Å²) in [6.45, 7) is 0. The average Bonchev–Trinajstić information content (AvgIpc) is 3.30. The van der Waals surface area contributed by atoms with E-state index in [-0.39, 0.29) is 10.8 Å². The van der Waals surface area contributed by atoms with E-state index in [9.17, 15) is 13.2 Å². The van der Waals surface area contributed by atoms with Gasteiger partial charge in [-0.05, 0) is 48.5 Å². The molecule has 0 fully saturated rings. The third-order valence-electron chi connectivity index (χ3n) is 4.72. The fourth-order valence-electron chi connectivity index (χ4n) is 2.98. The van der Waals surface area contributed by atoms with Gasteiger partial charge in [0.05, 0.1) is 10.6 Å². The van der Waals surface area contributed by atoms with Crippen molar-refractivity contribution in [1.82, 2.24) is 14.3 Å². The Morgan fingerprint density at radius 2 is 1.75 bits per heavy atom. The number of amides is 1. The first-order chi connectivity index (χ1) is 15.3. The predicted octanol–water partition coefficient (Wildman–Crippen LogP) is 4.37. The van der Waals surface area contributed by atoms with Gasteiger partial charge in [-0.15, -0.1) is 11.3 Å². The molecule has 162 valence electrons. The standard InChI is InChI=1S/C23H20N4O3S2/c1-27(2)32(29,30)20-10-8-16(9-11-20)22(28)25-19-7-3-5-17(13-19)21-15-31-23(26-21)18-6-4-12-24-14-18/h3-15H,1-2H3,(H,25,28). The molecule has 0 atom stereocenters. The van der Waals surface area contributed by atoms with Crippen LogP contribution in [0.2, 0.25) is 0 Å².